The second-order valence-corrected chi connectivity index (χ2v) is 6.59. The van der Waals surface area contributed by atoms with Gasteiger partial charge in [-0.1, -0.05) is 6.07 Å². The fourth-order valence-electron chi connectivity index (χ4n) is 2.47. The lowest BCUT2D eigenvalue weighted by Gasteiger charge is -2.18. The van der Waals surface area contributed by atoms with Gasteiger partial charge in [-0.05, 0) is 35.6 Å². The molecule has 0 atom stereocenters. The Morgan fingerprint density at radius 3 is 2.58 bits per heavy atom. The Labute approximate surface area is 157 Å². The minimum absolute atomic E-state index is 0.0320. The molecule has 1 heterocycles. The van der Waals surface area contributed by atoms with E-state index < -0.39 is 0 Å². The summed E-state index contributed by atoms with van der Waals surface area (Å²) in [5.41, 5.74) is 1.62. The molecule has 2 amide bonds. The Morgan fingerprint density at radius 2 is 1.92 bits per heavy atom. The van der Waals surface area contributed by atoms with Crippen LogP contribution in [0, 0.1) is 0 Å². The van der Waals surface area contributed by atoms with Gasteiger partial charge in [0.15, 0.2) is 11.5 Å². The lowest BCUT2D eigenvalue weighted by molar-refractivity contribution is -0.130. The van der Waals surface area contributed by atoms with Crippen LogP contribution in [-0.2, 0) is 11.3 Å². The van der Waals surface area contributed by atoms with Crippen molar-refractivity contribution in [1.29, 1.82) is 0 Å². The van der Waals surface area contributed by atoms with E-state index in [-0.39, 0.29) is 11.8 Å². The molecule has 7 heteroatoms. The third-order valence-corrected chi connectivity index (χ3v) is 4.61. The van der Waals surface area contributed by atoms with E-state index in [1.807, 2.05) is 23.6 Å². The molecule has 0 aliphatic carbocycles. The van der Waals surface area contributed by atoms with Crippen molar-refractivity contribution < 1.29 is 19.1 Å². The molecule has 1 N–H and O–H groups in total. The number of amides is 2. The van der Waals surface area contributed by atoms with Gasteiger partial charge in [0.25, 0.3) is 5.91 Å². The third-order valence-electron chi connectivity index (χ3n) is 3.93. The molecule has 6 nitrogen and oxygen atoms in total. The molecule has 26 heavy (non-hydrogen) atoms. The number of carbonyl (C=O) groups is 2. The van der Waals surface area contributed by atoms with Crippen molar-refractivity contribution in [3.05, 3.63) is 46.2 Å². The first kappa shape index (κ1) is 19.8. The van der Waals surface area contributed by atoms with Crippen molar-refractivity contribution in [2.24, 2.45) is 0 Å². The summed E-state index contributed by atoms with van der Waals surface area (Å²) in [6.07, 6.45) is 0.985. The minimum atomic E-state index is -0.0996. The largest absolute Gasteiger partial charge is 0.493 e. The number of hydrogen-bond acceptors (Lipinski definition) is 5. The third kappa shape index (κ3) is 5.49. The van der Waals surface area contributed by atoms with E-state index in [0.717, 1.165) is 5.56 Å². The van der Waals surface area contributed by atoms with Gasteiger partial charge < -0.3 is 19.7 Å². The number of nitrogens with one attached hydrogen (secondary N) is 1. The second kappa shape index (κ2) is 9.82. The monoisotopic (exact) mass is 376 g/mol. The van der Waals surface area contributed by atoms with Gasteiger partial charge in [-0.25, -0.2) is 0 Å². The van der Waals surface area contributed by atoms with Gasteiger partial charge >= 0.3 is 0 Å². The van der Waals surface area contributed by atoms with Crippen molar-refractivity contribution in [2.45, 2.75) is 19.4 Å². The summed E-state index contributed by atoms with van der Waals surface area (Å²) in [6.45, 7) is 0.963. The molecule has 0 saturated heterocycles. The first-order valence-electron chi connectivity index (χ1n) is 8.30. The molecule has 2 aromatic rings. The van der Waals surface area contributed by atoms with Crippen molar-refractivity contribution in [3.63, 3.8) is 0 Å². The van der Waals surface area contributed by atoms with E-state index in [4.69, 9.17) is 9.47 Å². The number of benzene rings is 1. The van der Waals surface area contributed by atoms with Crippen LogP contribution >= 0.6 is 11.3 Å². The highest BCUT2D eigenvalue weighted by atomic mass is 32.1. The van der Waals surface area contributed by atoms with Crippen molar-refractivity contribution in [2.75, 3.05) is 27.8 Å². The van der Waals surface area contributed by atoms with Crippen molar-refractivity contribution in [1.82, 2.24) is 10.2 Å². The summed E-state index contributed by atoms with van der Waals surface area (Å²) in [5, 5.41) is 6.49. The molecular weight excluding hydrogens is 352 g/mol. The van der Waals surface area contributed by atoms with Crippen LogP contribution in [0.4, 0.5) is 0 Å². The Morgan fingerprint density at radius 1 is 1.15 bits per heavy atom. The highest BCUT2D eigenvalue weighted by molar-refractivity contribution is 7.08. The van der Waals surface area contributed by atoms with E-state index in [0.29, 0.717) is 43.0 Å². The zero-order valence-corrected chi connectivity index (χ0v) is 16.1. The van der Waals surface area contributed by atoms with E-state index in [2.05, 4.69) is 5.32 Å². The van der Waals surface area contributed by atoms with Crippen LogP contribution in [0.2, 0.25) is 0 Å². The van der Waals surface area contributed by atoms with Gasteiger partial charge in [-0.3, -0.25) is 9.59 Å². The molecule has 0 bridgehead atoms. The van der Waals surface area contributed by atoms with Gasteiger partial charge in [0.05, 0.1) is 14.2 Å². The van der Waals surface area contributed by atoms with E-state index in [1.54, 1.807) is 37.6 Å². The van der Waals surface area contributed by atoms with Crippen LogP contribution in [-0.4, -0.2) is 44.5 Å². The smallest absolute Gasteiger partial charge is 0.252 e. The number of hydrogen-bond donors (Lipinski definition) is 1. The summed E-state index contributed by atoms with van der Waals surface area (Å²) in [7, 11) is 4.94. The fourth-order valence-corrected chi connectivity index (χ4v) is 3.11. The number of thiophene rings is 1. The molecule has 140 valence electrons. The van der Waals surface area contributed by atoms with Gasteiger partial charge in [0.2, 0.25) is 5.91 Å². The van der Waals surface area contributed by atoms with Crippen LogP contribution in [0.1, 0.15) is 28.8 Å². The van der Waals surface area contributed by atoms with Gasteiger partial charge in [0.1, 0.15) is 0 Å². The topological polar surface area (TPSA) is 67.9 Å². The van der Waals surface area contributed by atoms with E-state index in [9.17, 15) is 9.59 Å². The van der Waals surface area contributed by atoms with E-state index in [1.165, 1.54) is 11.3 Å². The first-order chi connectivity index (χ1) is 12.5. The van der Waals surface area contributed by atoms with Crippen LogP contribution in [0.3, 0.4) is 0 Å². The average molecular weight is 376 g/mol. The fraction of sp³-hybridized carbons (Fsp3) is 0.368. The SMILES string of the molecule is COc1ccc(CN(C)C(=O)CCCNC(=O)c2ccsc2)cc1OC. The molecule has 0 fully saturated rings. The second-order valence-electron chi connectivity index (χ2n) is 5.81. The number of methoxy groups -OCH3 is 2. The molecule has 0 unspecified atom stereocenters. The van der Waals surface area contributed by atoms with Gasteiger partial charge in [-0.15, -0.1) is 0 Å². The zero-order chi connectivity index (χ0) is 18.9. The van der Waals surface area contributed by atoms with Crippen LogP contribution < -0.4 is 14.8 Å². The Kier molecular flexibility index (Phi) is 7.47. The summed E-state index contributed by atoms with van der Waals surface area (Å²) >= 11 is 1.48. The van der Waals surface area contributed by atoms with Crippen LogP contribution in [0.5, 0.6) is 11.5 Å². The predicted octanol–water partition coefficient (Wildman–Crippen LogP) is 2.93. The molecular formula is C19H24N2O4S. The normalized spacial score (nSPS) is 10.3. The summed E-state index contributed by atoms with van der Waals surface area (Å²) in [6, 6.07) is 7.38. The quantitative estimate of drug-likeness (QED) is 0.683. The predicted molar refractivity (Wildman–Crippen MR) is 102 cm³/mol. The number of rotatable bonds is 9. The summed E-state index contributed by atoms with van der Waals surface area (Å²) in [4.78, 5) is 25.7. The highest BCUT2D eigenvalue weighted by Crippen LogP contribution is 2.27. The molecule has 1 aromatic heterocycles. The Bertz CT molecular complexity index is 731. The maximum atomic E-state index is 12.3. The van der Waals surface area contributed by atoms with Crippen molar-refractivity contribution >= 4 is 23.2 Å². The molecule has 1 aromatic carbocycles. The minimum Gasteiger partial charge on any atom is -0.493 e. The molecule has 0 aliphatic rings. The van der Waals surface area contributed by atoms with Crippen molar-refractivity contribution in [3.8, 4) is 11.5 Å². The molecule has 0 spiro atoms. The number of ether oxygens (including phenoxy) is 2. The number of nitrogens with zero attached hydrogens (tertiary/aromatic N) is 1. The maximum absolute atomic E-state index is 12.3. The zero-order valence-electron chi connectivity index (χ0n) is 15.3. The first-order valence-corrected chi connectivity index (χ1v) is 9.24. The lowest BCUT2D eigenvalue weighted by Crippen LogP contribution is -2.28. The Hall–Kier alpha value is -2.54. The van der Waals surface area contributed by atoms with Gasteiger partial charge in [0, 0.05) is 37.5 Å². The standard InChI is InChI=1S/C19H24N2O4S/c1-21(12-14-6-7-16(24-2)17(11-14)25-3)18(22)5-4-9-20-19(23)15-8-10-26-13-15/h6-8,10-11,13H,4-5,9,12H2,1-3H3,(H,20,23). The van der Waals surface area contributed by atoms with Crippen LogP contribution in [0.15, 0.2) is 35.0 Å². The molecule has 0 saturated carbocycles. The van der Waals surface area contributed by atoms with Crippen LogP contribution in [0.25, 0.3) is 0 Å². The number of carbonyl (C=O) groups excluding carboxylic acids is 2. The van der Waals surface area contributed by atoms with E-state index >= 15 is 0 Å². The average Bonchev–Trinajstić information content (AvgIpc) is 3.19. The molecule has 0 radical (unpaired) electrons. The summed E-state index contributed by atoms with van der Waals surface area (Å²) < 4.78 is 10.5. The summed E-state index contributed by atoms with van der Waals surface area (Å²) in [5.74, 6) is 1.23. The molecule has 2 rings (SSSR count). The Balaban J connectivity index is 1.76. The lowest BCUT2D eigenvalue weighted by atomic mass is 10.1. The molecule has 0 aliphatic heterocycles. The maximum Gasteiger partial charge on any atom is 0.252 e. The van der Waals surface area contributed by atoms with Gasteiger partial charge in [-0.2, -0.15) is 11.3 Å². The highest BCUT2D eigenvalue weighted by Gasteiger charge is 2.12.